The molecule has 4 amide bonds. The number of thioether (sulfide) groups is 2. The molecular formula is C84H90N24O25P4S5. The molecule has 8 fully saturated rings. The van der Waals surface area contributed by atoms with Crippen LogP contribution in [-0.4, -0.2) is 228 Å². The maximum atomic E-state index is 14.8. The second-order valence-electron chi connectivity index (χ2n) is 33.4. The zero-order chi connectivity index (χ0) is 98.8. The van der Waals surface area contributed by atoms with Gasteiger partial charge in [-0.15, -0.1) is 23.5 Å². The average Bonchev–Trinajstić information content (AvgIpc) is 1.56. The van der Waals surface area contributed by atoms with Crippen molar-refractivity contribution in [2.45, 2.75) is 136 Å². The van der Waals surface area contributed by atoms with Crippen molar-refractivity contribution >= 4 is 189 Å². The van der Waals surface area contributed by atoms with Crippen LogP contribution in [0.2, 0.25) is 0 Å². The average molecular weight is 2120 g/mol. The van der Waals surface area contributed by atoms with E-state index in [1.165, 1.54) is 76.4 Å². The minimum Gasteiger partial charge on any atom is -0.367 e. The Morgan fingerprint density at radius 3 is 1.48 bits per heavy atom. The van der Waals surface area contributed by atoms with Gasteiger partial charge in [0.05, 0.1) is 109 Å². The molecule has 13 aromatic rings. The number of H-pyrrole nitrogens is 2. The largest absolute Gasteiger partial charge is 0.475 e. The number of carbonyl (C=O) groups is 4. The maximum absolute atomic E-state index is 14.8. The summed E-state index contributed by atoms with van der Waals surface area (Å²) < 4.78 is 124. The SMILES string of the molecule is CC(C)C(=O)Nc1nc2c(ncn2[C@@H]2S[C@@H]3COP(=O)(OCCC#N)O[C@H]4[C@H]5OC[C@]4(COP(O)(=S)O[C@@H]2[C@@H]3C)O[C@H]5n2cnc3c(NC(=O)c4ccccc4)ncnc32)c(=O)[nH]1.CC(C)C(=O)Nc1nc2c(ncn2[C@@H]2S[C@@H]3COP(=O)(OCCC#N)O[C@H]4[C@H]5OC[C@]4(COP(O)O[C@@H]2[C@@H]3C)O[C@H]5n2cnc3c(NC(=O)c4ccccc4)ncnc32)c(=O)[nH]1.N.O=c1ssc2ccccc12.c1ccncc1. The second kappa shape index (κ2) is 43.6. The number of anilines is 4. The van der Waals surface area contributed by atoms with Crippen LogP contribution in [-0.2, 0) is 94.7 Å². The van der Waals surface area contributed by atoms with Gasteiger partial charge in [0.2, 0.25) is 23.7 Å². The molecule has 18 heterocycles. The van der Waals surface area contributed by atoms with E-state index in [1.807, 2.05) is 68.5 Å². The van der Waals surface area contributed by atoms with Gasteiger partial charge in [0.15, 0.2) is 68.7 Å². The van der Waals surface area contributed by atoms with Gasteiger partial charge in [-0.3, -0.25) is 105 Å². The van der Waals surface area contributed by atoms with E-state index in [-0.39, 0.29) is 143 Å². The zero-order valence-corrected chi connectivity index (χ0v) is 83.3. The number of nitriles is 2. The molecule has 8 aliphatic heterocycles. The summed E-state index contributed by atoms with van der Waals surface area (Å²) in [4.78, 5) is 164. The lowest BCUT2D eigenvalue weighted by Crippen LogP contribution is -2.46. The Hall–Kier alpha value is -10.9. The summed E-state index contributed by atoms with van der Waals surface area (Å²) in [5.74, 6) is -3.19. The van der Waals surface area contributed by atoms with Gasteiger partial charge in [-0.25, -0.2) is 49.0 Å². The number of imidazole rings is 4. The second-order valence-corrected chi connectivity index (χ2v) is 45.3. The lowest BCUT2D eigenvalue weighted by molar-refractivity contribution is -0.183. The van der Waals surface area contributed by atoms with Gasteiger partial charge >= 0.3 is 31.0 Å². The molecule has 8 aliphatic rings. The van der Waals surface area contributed by atoms with E-state index in [0.29, 0.717) is 11.1 Å². The van der Waals surface area contributed by atoms with Crippen LogP contribution < -0.4 is 43.3 Å². The molecule has 3 aromatic carbocycles. The number of aromatic amines is 2. The van der Waals surface area contributed by atoms with Crippen molar-refractivity contribution in [2.24, 2.45) is 23.7 Å². The number of hydrogen-bond acceptors (Lipinski definition) is 43. The molecule has 142 heavy (non-hydrogen) atoms. The molecule has 4 unspecified atom stereocenters. The number of ether oxygens (including phenoxy) is 4. The molecule has 0 saturated carbocycles. The third-order valence-electron chi connectivity index (χ3n) is 23.5. The molecule has 49 nitrogen and oxygen atoms in total. The van der Waals surface area contributed by atoms with Crippen LogP contribution in [0.3, 0.4) is 0 Å². The van der Waals surface area contributed by atoms with Crippen molar-refractivity contribution in [2.75, 3.05) is 74.1 Å². The lowest BCUT2D eigenvalue weighted by Gasteiger charge is -2.33. The quantitative estimate of drug-likeness (QED) is 0.0219. The Balaban J connectivity index is 0.000000167. The van der Waals surface area contributed by atoms with Crippen molar-refractivity contribution in [3.05, 3.63) is 195 Å². The molecule has 0 radical (unpaired) electrons. The lowest BCUT2D eigenvalue weighted by atomic mass is 10.0. The van der Waals surface area contributed by atoms with E-state index < -0.39 is 172 Å². The topological polar surface area (TPSA) is 647 Å². The first-order valence-corrected chi connectivity index (χ1v) is 54.3. The van der Waals surface area contributed by atoms with Crippen LogP contribution in [0.1, 0.15) is 98.3 Å². The number of nitrogens with one attached hydrogen (secondary N) is 6. The zero-order valence-electron chi connectivity index (χ0n) is 75.7. The number of fused-ring (bicyclic) bond motifs is 9. The summed E-state index contributed by atoms with van der Waals surface area (Å²) in [6.45, 7) is 3.93. The molecule has 21 rings (SSSR count). The Labute approximate surface area is 826 Å². The summed E-state index contributed by atoms with van der Waals surface area (Å²) in [6.07, 6.45) is 3.03. The van der Waals surface area contributed by atoms with Crippen LogP contribution in [0.15, 0.2) is 168 Å². The van der Waals surface area contributed by atoms with Gasteiger partial charge in [0.25, 0.3) is 27.7 Å². The molecule has 10 aromatic heterocycles. The molecule has 746 valence electrons. The van der Waals surface area contributed by atoms with Crippen molar-refractivity contribution < 1.29 is 102 Å². The van der Waals surface area contributed by atoms with E-state index in [0.717, 1.165) is 10.1 Å². The van der Waals surface area contributed by atoms with Crippen LogP contribution in [0, 0.1) is 46.3 Å². The molecule has 0 aliphatic carbocycles. The molecular weight excluding hydrogens is 2030 g/mol. The van der Waals surface area contributed by atoms with Gasteiger partial charge in [0.1, 0.15) is 71.2 Å². The molecule has 20 atom stereocenters. The molecule has 11 N–H and O–H groups in total. The number of amides is 4. The number of nitrogens with zero attached hydrogens (tertiary/aromatic N) is 17. The van der Waals surface area contributed by atoms with Gasteiger partial charge in [-0.1, -0.05) is 106 Å². The number of rotatable bonds is 18. The van der Waals surface area contributed by atoms with Gasteiger partial charge in [0, 0.05) is 50.6 Å². The fourth-order valence-electron chi connectivity index (χ4n) is 16.3. The van der Waals surface area contributed by atoms with E-state index in [9.17, 15) is 63.0 Å². The van der Waals surface area contributed by atoms with E-state index >= 15 is 0 Å². The monoisotopic (exact) mass is 2120 g/mol. The predicted octanol–water partition coefficient (Wildman–Crippen LogP) is 11.2. The van der Waals surface area contributed by atoms with E-state index in [1.54, 1.807) is 125 Å². The number of benzene rings is 3. The highest BCUT2D eigenvalue weighted by molar-refractivity contribution is 8.07. The standard InChI is InChI=1S/C36H39N11O12P2S2.C36H39N11O12P2S.C7H4OS2.C5H5N.H3N/c1-18(2)30(48)44-35-43-29-23(32(50)45-35)41-17-47(29)34-24-19(3)21(63-34)12-55-60(51,54-11-7-10-37)59-26-25-33(57-36(26,13-53-25)14-56-61(52,62)58-24)46-16-40-22-27(38-15-39-28(22)46)42-31(49)20-8-5-4-6-9-20;1-18(2)30(48)44-35-43-29-23(32(50)45-35)41-17-47(29)34-24-19(3)21(62-34)12-56-61(52,55-11-7-10-37)59-26-25-33(57-36(26,13-53-25)14-54-60(51)58-24)46-16-40-22-27(38-15-39-28(22)46)42-31(49)20-8-5-4-6-9-20;8-7-5-3-1-2-4-6(5)9-10-7;1-2-4-6-5-3-1;/h4-6,8-9,15-19,21,24-26,33-34H,7,11-14H2,1-3H3,(H,52,62)(H,38,39,42,49)(H2,43,44,45,48,50);4-6,8-9,15-19,21,24-26,33-34,51H,7,11-14H2,1-3H3,(H,38,39,42,49)(H2,43,44,45,48,50);1-4H;1-5H;1H3/t2*19-,21-,24-,25-,26+,33-,34-,36-,60?,61?;;;/m11.../s1. The number of phosphoric acid groups is 2. The fourth-order valence-corrected chi connectivity index (χ4v) is 27.3. The highest BCUT2D eigenvalue weighted by Crippen LogP contribution is 2.65. The van der Waals surface area contributed by atoms with Crippen LogP contribution >= 0.6 is 75.2 Å². The minimum atomic E-state index is -4.58. The van der Waals surface area contributed by atoms with Crippen LogP contribution in [0.4, 0.5) is 23.5 Å². The minimum absolute atomic E-state index is 0. The van der Waals surface area contributed by atoms with Crippen LogP contribution in [0.5, 0.6) is 0 Å². The highest BCUT2D eigenvalue weighted by Gasteiger charge is 2.68. The third kappa shape index (κ3) is 21.6. The number of carbonyl (C=O) groups excluding carboxylic acids is 4. The summed E-state index contributed by atoms with van der Waals surface area (Å²) in [6, 6.07) is 34.4. The Morgan fingerprint density at radius 1 is 0.563 bits per heavy atom. The van der Waals surface area contributed by atoms with Gasteiger partial charge in [-0.05, 0) is 82.5 Å². The predicted molar refractivity (Wildman–Crippen MR) is 519 cm³/mol. The summed E-state index contributed by atoms with van der Waals surface area (Å²) in [5.41, 5.74) is -2.37. The molecule has 0 spiro atoms. The van der Waals surface area contributed by atoms with Crippen LogP contribution in [0.25, 0.3) is 54.7 Å². The normalized spacial score (nSPS) is 28.7. The van der Waals surface area contributed by atoms with Crippen molar-refractivity contribution in [3.8, 4) is 12.1 Å². The Morgan fingerprint density at radius 2 is 1.01 bits per heavy atom. The summed E-state index contributed by atoms with van der Waals surface area (Å²) in [5, 5.41) is 27.7. The summed E-state index contributed by atoms with van der Waals surface area (Å²) >= 11 is 8.23. The number of hydrogen-bond donors (Lipinski definition) is 9. The van der Waals surface area contributed by atoms with Crippen molar-refractivity contribution in [1.29, 1.82) is 10.5 Å². The Kier molecular flexibility index (Phi) is 31.5. The third-order valence-corrected chi connectivity index (χ3v) is 34.4. The first-order chi connectivity index (χ1) is 67.9. The highest BCUT2D eigenvalue weighted by atomic mass is 32.9. The fraction of sp³-hybridized carbons (Fsp3) is 0.405. The maximum Gasteiger partial charge on any atom is 0.475 e. The molecule has 58 heteroatoms. The summed E-state index contributed by atoms with van der Waals surface area (Å²) in [7, 11) is -8.94. The number of pyridine rings is 1. The van der Waals surface area contributed by atoms with Crippen molar-refractivity contribution in [3.63, 3.8) is 0 Å². The molecule has 8 saturated heterocycles. The Bertz CT molecular complexity index is 7240. The van der Waals surface area contributed by atoms with E-state index in [4.69, 9.17) is 76.0 Å². The number of aromatic nitrogens is 17. The number of phosphoric ester groups is 2. The first-order valence-electron chi connectivity index (χ1n) is 43.6. The van der Waals surface area contributed by atoms with E-state index in [2.05, 4.69) is 86.1 Å². The van der Waals surface area contributed by atoms with Gasteiger partial charge < -0.3 is 63.6 Å². The van der Waals surface area contributed by atoms with Gasteiger partial charge in [-0.2, -0.15) is 20.5 Å². The van der Waals surface area contributed by atoms with Crippen molar-refractivity contribution in [1.82, 2.24) is 89.2 Å². The first kappa shape index (κ1) is 103. The molecule has 8 bridgehead atoms. The smallest absolute Gasteiger partial charge is 0.367 e.